The number of nitrogens with zero attached hydrogens (tertiary/aromatic N) is 8. The van der Waals surface area contributed by atoms with Crippen LogP contribution < -0.4 is 17.0 Å². The second kappa shape index (κ2) is 14.6. The predicted molar refractivity (Wildman–Crippen MR) is 165 cm³/mol. The van der Waals surface area contributed by atoms with Crippen molar-refractivity contribution < 1.29 is 33.4 Å². The highest BCUT2D eigenvalue weighted by Crippen LogP contribution is 2.41. The van der Waals surface area contributed by atoms with Crippen LogP contribution in [0.25, 0.3) is 22.3 Å². The molecule has 5 rings (SSSR count). The van der Waals surface area contributed by atoms with Crippen molar-refractivity contribution in [3.8, 4) is 0 Å². The Morgan fingerprint density at radius 3 is 2.80 bits per heavy atom. The molecule has 21 heteroatoms. The van der Waals surface area contributed by atoms with Gasteiger partial charge >= 0.3 is 0 Å². The standard InChI is InChI=1S/C24H37N11O8P2/c1-4-24(39-3,9-40-44)13(21(38-2)34-11-29-15-17(25)27-10-28-18(15)34)5-6-45-41-8-12-7-14(43-37)22(42-12)35-19-16(32-33-35)20(36)31-23(26)30-19/h10-14,21-22,37,45H,4-9,44H2,1-3H3,(H2,25,27,28)(H3,26,30,31,36)/t12-,13-,14+,21+,22+,24+/m0/s1. The van der Waals surface area contributed by atoms with Crippen LogP contribution in [0, 0.1) is 5.92 Å². The lowest BCUT2D eigenvalue weighted by atomic mass is 9.81. The topological polar surface area (TPSA) is 248 Å². The number of rotatable bonds is 16. The number of fused-ring (bicyclic) bond motifs is 2. The van der Waals surface area contributed by atoms with Crippen LogP contribution in [0.2, 0.25) is 0 Å². The first kappa shape index (κ1) is 33.4. The quantitative estimate of drug-likeness (QED) is 0.0563. The molecule has 45 heavy (non-hydrogen) atoms. The Balaban J connectivity index is 1.26. The monoisotopic (exact) mass is 669 g/mol. The summed E-state index contributed by atoms with van der Waals surface area (Å²) in [5.41, 5.74) is 11.6. The molecule has 5 heterocycles. The van der Waals surface area contributed by atoms with E-state index >= 15 is 0 Å². The van der Waals surface area contributed by atoms with Crippen molar-refractivity contribution in [1.82, 2.24) is 44.5 Å². The lowest BCUT2D eigenvalue weighted by Crippen LogP contribution is -2.48. The first-order valence-corrected chi connectivity index (χ1v) is 15.6. The van der Waals surface area contributed by atoms with E-state index in [0.29, 0.717) is 43.2 Å². The van der Waals surface area contributed by atoms with Gasteiger partial charge in [0.05, 0.1) is 31.2 Å². The maximum atomic E-state index is 12.2. The third kappa shape index (κ3) is 6.63. The van der Waals surface area contributed by atoms with Crippen LogP contribution >= 0.6 is 18.3 Å². The summed E-state index contributed by atoms with van der Waals surface area (Å²) >= 11 is 0. The van der Waals surface area contributed by atoms with Gasteiger partial charge in [0.2, 0.25) is 5.95 Å². The fourth-order valence-electron chi connectivity index (χ4n) is 5.76. The molecule has 1 saturated heterocycles. The van der Waals surface area contributed by atoms with Crippen molar-refractivity contribution in [2.75, 3.05) is 45.1 Å². The van der Waals surface area contributed by atoms with Crippen LogP contribution in [0.1, 0.15) is 38.6 Å². The molecule has 1 fully saturated rings. The Kier molecular flexibility index (Phi) is 10.8. The summed E-state index contributed by atoms with van der Waals surface area (Å²) in [4.78, 5) is 36.2. The highest BCUT2D eigenvalue weighted by atomic mass is 31.1. The van der Waals surface area contributed by atoms with E-state index in [1.54, 1.807) is 20.5 Å². The summed E-state index contributed by atoms with van der Waals surface area (Å²) in [5.74, 6) is -0.0437. The number of nitrogens with two attached hydrogens (primary N) is 2. The van der Waals surface area contributed by atoms with Gasteiger partial charge in [0.15, 0.2) is 28.9 Å². The molecule has 246 valence electrons. The highest BCUT2D eigenvalue weighted by Gasteiger charge is 2.44. The molecule has 6 N–H and O–H groups in total. The van der Waals surface area contributed by atoms with Crippen LogP contribution in [0.5, 0.6) is 0 Å². The van der Waals surface area contributed by atoms with Gasteiger partial charge in [-0.3, -0.25) is 19.6 Å². The van der Waals surface area contributed by atoms with Gasteiger partial charge in [-0.2, -0.15) is 9.67 Å². The number of hydrogen-bond acceptors (Lipinski definition) is 16. The fraction of sp³-hybridized carbons (Fsp3) is 0.625. The minimum Gasteiger partial charge on any atom is -0.382 e. The predicted octanol–water partition coefficient (Wildman–Crippen LogP) is 1.03. The number of nitrogens with one attached hydrogen (secondary N) is 1. The minimum absolute atomic E-state index is 0.0134. The summed E-state index contributed by atoms with van der Waals surface area (Å²) < 4.78 is 32.9. The number of hydrogen-bond donors (Lipinski definition) is 4. The molecule has 4 aromatic rings. The molecule has 4 aromatic heterocycles. The van der Waals surface area contributed by atoms with Crippen molar-refractivity contribution in [3.63, 3.8) is 0 Å². The Hall–Kier alpha value is -2.99. The van der Waals surface area contributed by atoms with Crippen LogP contribution in [0.3, 0.4) is 0 Å². The number of ether oxygens (including phenoxy) is 3. The maximum Gasteiger partial charge on any atom is 0.282 e. The lowest BCUT2D eigenvalue weighted by Gasteiger charge is -2.42. The summed E-state index contributed by atoms with van der Waals surface area (Å²) in [5, 5.41) is 17.4. The van der Waals surface area contributed by atoms with Crippen molar-refractivity contribution in [2.24, 2.45) is 5.92 Å². The first-order valence-electron chi connectivity index (χ1n) is 14.0. The van der Waals surface area contributed by atoms with Crippen molar-refractivity contribution in [2.45, 2.75) is 56.5 Å². The number of anilines is 2. The average Bonchev–Trinajstić information content (AvgIpc) is 3.77. The smallest absolute Gasteiger partial charge is 0.282 e. The molecule has 8 atom stereocenters. The normalized spacial score (nSPS) is 21.7. The molecule has 0 aliphatic carbocycles. The highest BCUT2D eigenvalue weighted by molar-refractivity contribution is 7.32. The second-order valence-electron chi connectivity index (χ2n) is 10.4. The molecule has 0 bridgehead atoms. The second-order valence-corrected chi connectivity index (χ2v) is 11.8. The Bertz CT molecular complexity index is 1630. The SMILES string of the molecule is CC[C@](COP)(OC)[C@@H](CCPOC[C@@H]1C[C@@H](OO)[C@H](n2nnc3c(=O)[nH]c(N)nc32)O1)[C@@H](OC)n1cnc2c(N)ncnc21. The van der Waals surface area contributed by atoms with Gasteiger partial charge in [-0.05, 0) is 19.0 Å². The number of nitrogen functional groups attached to an aromatic ring is 2. The van der Waals surface area contributed by atoms with Crippen molar-refractivity contribution >= 4 is 52.4 Å². The van der Waals surface area contributed by atoms with Crippen LogP contribution in [-0.2, 0) is 28.1 Å². The van der Waals surface area contributed by atoms with Gasteiger partial charge in [-0.1, -0.05) is 12.1 Å². The lowest BCUT2D eigenvalue weighted by molar-refractivity contribution is -0.294. The number of H-pyrrole nitrogens is 1. The van der Waals surface area contributed by atoms with E-state index in [2.05, 4.69) is 49.6 Å². The third-order valence-electron chi connectivity index (χ3n) is 8.06. The zero-order chi connectivity index (χ0) is 32.1. The molecule has 19 nitrogen and oxygen atoms in total. The Morgan fingerprint density at radius 1 is 1.27 bits per heavy atom. The largest absolute Gasteiger partial charge is 0.382 e. The molecular formula is C24H37N11O8P2. The Morgan fingerprint density at radius 2 is 2.09 bits per heavy atom. The molecular weight excluding hydrogens is 632 g/mol. The van der Waals surface area contributed by atoms with E-state index in [9.17, 15) is 10.1 Å². The van der Waals surface area contributed by atoms with Gasteiger partial charge in [0.1, 0.15) is 24.2 Å². The Labute approximate surface area is 260 Å². The van der Waals surface area contributed by atoms with Crippen LogP contribution in [0.15, 0.2) is 17.4 Å². The maximum absolute atomic E-state index is 12.2. The fourth-order valence-corrected chi connectivity index (χ4v) is 6.92. The van der Waals surface area contributed by atoms with E-state index < -0.39 is 35.8 Å². The molecule has 1 aliphatic rings. The first-order chi connectivity index (χ1) is 21.8. The van der Waals surface area contributed by atoms with Crippen LogP contribution in [-0.4, -0.2) is 101 Å². The summed E-state index contributed by atoms with van der Waals surface area (Å²) in [7, 11) is 5.66. The van der Waals surface area contributed by atoms with E-state index in [4.69, 9.17) is 34.7 Å². The van der Waals surface area contributed by atoms with Gasteiger partial charge in [-0.25, -0.2) is 19.8 Å². The van der Waals surface area contributed by atoms with Crippen LogP contribution in [0.4, 0.5) is 11.8 Å². The zero-order valence-electron chi connectivity index (χ0n) is 24.9. The van der Waals surface area contributed by atoms with E-state index in [-0.39, 0.29) is 44.3 Å². The summed E-state index contributed by atoms with van der Waals surface area (Å²) in [6.07, 6.45) is 2.58. The van der Waals surface area contributed by atoms with Gasteiger partial charge in [0.25, 0.3) is 5.56 Å². The molecule has 0 saturated carbocycles. The minimum atomic E-state index is -0.904. The van der Waals surface area contributed by atoms with Gasteiger partial charge in [0, 0.05) is 44.8 Å². The van der Waals surface area contributed by atoms with Gasteiger partial charge in [-0.15, -0.1) is 5.10 Å². The number of aromatic amines is 1. The van der Waals surface area contributed by atoms with E-state index in [0.717, 1.165) is 0 Å². The summed E-state index contributed by atoms with van der Waals surface area (Å²) in [6.45, 7) is 2.55. The molecule has 0 amide bonds. The summed E-state index contributed by atoms with van der Waals surface area (Å²) in [6, 6.07) is 0. The molecule has 1 aliphatic heterocycles. The van der Waals surface area contributed by atoms with E-state index in [1.807, 2.05) is 11.5 Å². The molecule has 0 aromatic carbocycles. The van der Waals surface area contributed by atoms with E-state index in [1.165, 1.54) is 11.0 Å². The average molecular weight is 670 g/mol. The molecule has 2 unspecified atom stereocenters. The van der Waals surface area contributed by atoms with Gasteiger partial charge < -0.3 is 34.7 Å². The van der Waals surface area contributed by atoms with Crippen molar-refractivity contribution in [1.29, 1.82) is 0 Å². The molecule has 0 spiro atoms. The number of methoxy groups -OCH3 is 2. The third-order valence-corrected chi connectivity index (χ3v) is 9.09. The molecule has 0 radical (unpaired) electrons. The number of imidazole rings is 1. The zero-order valence-corrected chi connectivity index (χ0v) is 27.1. The number of aromatic nitrogens is 9. The van der Waals surface area contributed by atoms with Crippen molar-refractivity contribution in [3.05, 3.63) is 23.0 Å².